The van der Waals surface area contributed by atoms with Crippen LogP contribution in [0.25, 0.3) is 0 Å². The molecule has 0 spiro atoms. The summed E-state index contributed by atoms with van der Waals surface area (Å²) in [5.74, 6) is 2.57. The second-order valence-electron chi connectivity index (χ2n) is 4.83. The molecule has 0 amide bonds. The maximum absolute atomic E-state index is 5.81. The molecule has 0 unspecified atom stereocenters. The van der Waals surface area contributed by atoms with Crippen molar-refractivity contribution in [3.63, 3.8) is 0 Å². The van der Waals surface area contributed by atoms with E-state index in [1.165, 1.54) is 0 Å². The van der Waals surface area contributed by atoms with Crippen molar-refractivity contribution in [1.82, 2.24) is 0 Å². The van der Waals surface area contributed by atoms with Crippen molar-refractivity contribution in [2.24, 2.45) is 0 Å². The largest absolute Gasteiger partial charge is 0.494 e. The standard InChI is InChI=1S/C18H22O3/c1-4-19-16-9-6-10-17(13-16)20-11-12-21-18-14(2)7-5-8-15(18)3/h5-10,13H,4,11-12H2,1-3H3. The third-order valence-electron chi connectivity index (χ3n) is 3.12. The van der Waals surface area contributed by atoms with E-state index in [2.05, 4.69) is 26.0 Å². The van der Waals surface area contributed by atoms with Crippen molar-refractivity contribution in [3.05, 3.63) is 53.6 Å². The second kappa shape index (κ2) is 7.58. The molecule has 112 valence electrons. The van der Waals surface area contributed by atoms with Crippen LogP contribution in [-0.2, 0) is 0 Å². The molecular formula is C18H22O3. The molecule has 3 heteroatoms. The summed E-state index contributed by atoms with van der Waals surface area (Å²) in [6.07, 6.45) is 0. The first-order valence-electron chi connectivity index (χ1n) is 7.25. The summed E-state index contributed by atoms with van der Waals surface area (Å²) < 4.78 is 16.9. The van der Waals surface area contributed by atoms with Crippen molar-refractivity contribution in [1.29, 1.82) is 0 Å². The lowest BCUT2D eigenvalue weighted by Gasteiger charge is -2.13. The summed E-state index contributed by atoms with van der Waals surface area (Å²) in [7, 11) is 0. The lowest BCUT2D eigenvalue weighted by Crippen LogP contribution is -2.10. The van der Waals surface area contributed by atoms with Gasteiger partial charge in [0.1, 0.15) is 30.5 Å². The Morgan fingerprint density at radius 2 is 1.33 bits per heavy atom. The highest BCUT2D eigenvalue weighted by Gasteiger charge is 2.03. The molecule has 0 N–H and O–H groups in total. The van der Waals surface area contributed by atoms with Gasteiger partial charge in [-0.2, -0.15) is 0 Å². The van der Waals surface area contributed by atoms with E-state index < -0.39 is 0 Å². The van der Waals surface area contributed by atoms with Crippen molar-refractivity contribution in [2.45, 2.75) is 20.8 Å². The predicted octanol–water partition coefficient (Wildman–Crippen LogP) is 4.16. The van der Waals surface area contributed by atoms with Crippen LogP contribution in [0.5, 0.6) is 17.2 Å². The minimum Gasteiger partial charge on any atom is -0.494 e. The monoisotopic (exact) mass is 286 g/mol. The summed E-state index contributed by atoms with van der Waals surface area (Å²) in [6, 6.07) is 13.8. The zero-order chi connectivity index (χ0) is 15.1. The molecule has 0 radical (unpaired) electrons. The molecule has 0 saturated heterocycles. The maximum atomic E-state index is 5.81. The van der Waals surface area contributed by atoms with Gasteiger partial charge in [-0.15, -0.1) is 0 Å². The zero-order valence-corrected chi connectivity index (χ0v) is 12.9. The van der Waals surface area contributed by atoms with Gasteiger partial charge in [0.15, 0.2) is 0 Å². The lowest BCUT2D eigenvalue weighted by molar-refractivity contribution is 0.214. The Labute approximate surface area is 126 Å². The summed E-state index contributed by atoms with van der Waals surface area (Å²) in [4.78, 5) is 0. The number of hydrogen-bond donors (Lipinski definition) is 0. The molecule has 2 aromatic carbocycles. The van der Waals surface area contributed by atoms with Gasteiger partial charge in [0.2, 0.25) is 0 Å². The number of benzene rings is 2. The number of ether oxygens (including phenoxy) is 3. The molecule has 0 aliphatic carbocycles. The minimum absolute atomic E-state index is 0.503. The zero-order valence-electron chi connectivity index (χ0n) is 12.9. The molecular weight excluding hydrogens is 264 g/mol. The summed E-state index contributed by atoms with van der Waals surface area (Å²) in [6.45, 7) is 7.74. The van der Waals surface area contributed by atoms with Gasteiger partial charge < -0.3 is 14.2 Å². The molecule has 3 nitrogen and oxygen atoms in total. The first-order chi connectivity index (χ1) is 10.2. The van der Waals surface area contributed by atoms with Crippen LogP contribution in [0.3, 0.4) is 0 Å². The van der Waals surface area contributed by atoms with Gasteiger partial charge in [0.05, 0.1) is 6.61 Å². The number of hydrogen-bond acceptors (Lipinski definition) is 3. The van der Waals surface area contributed by atoms with E-state index in [0.717, 1.165) is 28.4 Å². The van der Waals surface area contributed by atoms with Crippen molar-refractivity contribution in [3.8, 4) is 17.2 Å². The van der Waals surface area contributed by atoms with Crippen LogP contribution in [0.4, 0.5) is 0 Å². The Balaban J connectivity index is 1.83. The topological polar surface area (TPSA) is 27.7 Å². The highest BCUT2D eigenvalue weighted by Crippen LogP contribution is 2.22. The Hall–Kier alpha value is -2.16. The summed E-state index contributed by atoms with van der Waals surface area (Å²) in [5, 5.41) is 0. The Kier molecular flexibility index (Phi) is 5.50. The average Bonchev–Trinajstić information content (AvgIpc) is 2.47. The van der Waals surface area contributed by atoms with E-state index in [4.69, 9.17) is 14.2 Å². The van der Waals surface area contributed by atoms with Gasteiger partial charge in [-0.1, -0.05) is 24.3 Å². The van der Waals surface area contributed by atoms with E-state index in [-0.39, 0.29) is 0 Å². The molecule has 2 rings (SSSR count). The molecule has 0 atom stereocenters. The highest BCUT2D eigenvalue weighted by molar-refractivity contribution is 5.39. The third kappa shape index (κ3) is 4.42. The average molecular weight is 286 g/mol. The molecule has 0 aromatic heterocycles. The van der Waals surface area contributed by atoms with Crippen LogP contribution < -0.4 is 14.2 Å². The van der Waals surface area contributed by atoms with Crippen LogP contribution in [-0.4, -0.2) is 19.8 Å². The molecule has 21 heavy (non-hydrogen) atoms. The van der Waals surface area contributed by atoms with Gasteiger partial charge >= 0.3 is 0 Å². The van der Waals surface area contributed by atoms with Crippen molar-refractivity contribution in [2.75, 3.05) is 19.8 Å². The summed E-state index contributed by atoms with van der Waals surface area (Å²) in [5.41, 5.74) is 2.29. The highest BCUT2D eigenvalue weighted by atomic mass is 16.5. The predicted molar refractivity (Wildman–Crippen MR) is 84.5 cm³/mol. The second-order valence-corrected chi connectivity index (χ2v) is 4.83. The van der Waals surface area contributed by atoms with E-state index in [1.54, 1.807) is 0 Å². The van der Waals surface area contributed by atoms with Gasteiger partial charge in [0, 0.05) is 6.07 Å². The van der Waals surface area contributed by atoms with Gasteiger partial charge in [-0.25, -0.2) is 0 Å². The molecule has 0 bridgehead atoms. The van der Waals surface area contributed by atoms with E-state index in [0.29, 0.717) is 19.8 Å². The van der Waals surface area contributed by atoms with Crippen LogP contribution >= 0.6 is 0 Å². The first-order valence-corrected chi connectivity index (χ1v) is 7.25. The number of rotatable bonds is 7. The fraction of sp³-hybridized carbons (Fsp3) is 0.333. The SMILES string of the molecule is CCOc1cccc(OCCOc2c(C)cccc2C)c1. The van der Waals surface area contributed by atoms with Gasteiger partial charge in [-0.3, -0.25) is 0 Å². The molecule has 2 aromatic rings. The van der Waals surface area contributed by atoms with Crippen LogP contribution in [0.2, 0.25) is 0 Å². The van der Waals surface area contributed by atoms with Crippen LogP contribution in [0, 0.1) is 13.8 Å². The molecule has 0 fully saturated rings. The van der Waals surface area contributed by atoms with Crippen molar-refractivity contribution >= 4 is 0 Å². The lowest BCUT2D eigenvalue weighted by atomic mass is 10.1. The van der Waals surface area contributed by atoms with E-state index >= 15 is 0 Å². The number of aryl methyl sites for hydroxylation is 2. The number of para-hydroxylation sites is 1. The van der Waals surface area contributed by atoms with Crippen LogP contribution in [0.1, 0.15) is 18.1 Å². The fourth-order valence-electron chi connectivity index (χ4n) is 2.15. The van der Waals surface area contributed by atoms with Gasteiger partial charge in [0.25, 0.3) is 0 Å². The normalized spacial score (nSPS) is 10.2. The molecule has 0 aliphatic rings. The van der Waals surface area contributed by atoms with E-state index in [1.807, 2.05) is 37.3 Å². The first kappa shape index (κ1) is 15.2. The van der Waals surface area contributed by atoms with Crippen molar-refractivity contribution < 1.29 is 14.2 Å². The quantitative estimate of drug-likeness (QED) is 0.715. The molecule has 0 heterocycles. The van der Waals surface area contributed by atoms with Gasteiger partial charge in [-0.05, 0) is 44.0 Å². The Morgan fingerprint density at radius 3 is 2.00 bits per heavy atom. The summed E-state index contributed by atoms with van der Waals surface area (Å²) >= 11 is 0. The third-order valence-corrected chi connectivity index (χ3v) is 3.12. The Morgan fingerprint density at radius 1 is 0.762 bits per heavy atom. The Bertz CT molecular complexity index is 558. The molecule has 0 aliphatic heterocycles. The fourth-order valence-corrected chi connectivity index (χ4v) is 2.15. The smallest absolute Gasteiger partial charge is 0.125 e. The van der Waals surface area contributed by atoms with Crippen LogP contribution in [0.15, 0.2) is 42.5 Å². The maximum Gasteiger partial charge on any atom is 0.125 e. The van der Waals surface area contributed by atoms with E-state index in [9.17, 15) is 0 Å². The minimum atomic E-state index is 0.503. The molecule has 0 saturated carbocycles.